The lowest BCUT2D eigenvalue weighted by Crippen LogP contribution is -2.60. The molecule has 3 unspecified atom stereocenters. The molecule has 2 aromatic carbocycles. The Hall–Kier alpha value is -4.55. The number of phenolic OH excluding ortho intramolecular Hbond substituents is 4. The summed E-state index contributed by atoms with van der Waals surface area (Å²) >= 11 is 0. The first-order valence-corrected chi connectivity index (χ1v) is 12.5. The molecule has 0 bridgehead atoms. The van der Waals surface area contributed by atoms with E-state index in [1.54, 1.807) is 0 Å². The van der Waals surface area contributed by atoms with Crippen molar-refractivity contribution in [1.82, 2.24) is 5.32 Å². The van der Waals surface area contributed by atoms with Gasteiger partial charge in [-0.15, -0.1) is 0 Å². The Morgan fingerprint density at radius 1 is 0.800 bits per heavy atom. The van der Waals surface area contributed by atoms with Crippen LogP contribution >= 0.6 is 0 Å². The summed E-state index contributed by atoms with van der Waals surface area (Å²) in [6.45, 7) is 0. The zero-order valence-electron chi connectivity index (χ0n) is 21.1. The number of aliphatic hydroxyl groups excluding tert-OH is 1. The molecule has 2 saturated carbocycles. The van der Waals surface area contributed by atoms with Crippen molar-refractivity contribution in [2.24, 2.45) is 0 Å². The van der Waals surface area contributed by atoms with Gasteiger partial charge in [0, 0.05) is 31.0 Å². The van der Waals surface area contributed by atoms with E-state index in [0.717, 1.165) is 25.0 Å². The maximum absolute atomic E-state index is 12.7. The second-order valence-corrected chi connectivity index (χ2v) is 9.79. The Morgan fingerprint density at radius 3 is 1.82 bits per heavy atom. The number of carbonyl (C=O) groups excluding carboxylic acids is 3. The van der Waals surface area contributed by atoms with Crippen molar-refractivity contribution in [3.8, 4) is 23.0 Å². The third-order valence-corrected chi connectivity index (χ3v) is 6.51. The largest absolute Gasteiger partial charge is 0.504 e. The van der Waals surface area contributed by atoms with Crippen molar-refractivity contribution in [3.05, 3.63) is 59.7 Å². The molecule has 2 aromatic rings. The SMILES string of the molecule is O=C(/C=C/c1ccc(O)c(O)c1)OC1C[C@@](O)(C(=O)NC2CC2)CC(O)C1OC(=O)/C=C/c1ccc(O)c(O)c1. The molecule has 12 nitrogen and oxygen atoms in total. The van der Waals surface area contributed by atoms with Gasteiger partial charge < -0.3 is 45.4 Å². The average molecular weight is 556 g/mol. The molecule has 40 heavy (non-hydrogen) atoms. The lowest BCUT2D eigenvalue weighted by Gasteiger charge is -2.41. The molecule has 0 aromatic heterocycles. The van der Waals surface area contributed by atoms with Gasteiger partial charge in [-0.3, -0.25) is 4.79 Å². The summed E-state index contributed by atoms with van der Waals surface area (Å²) in [5.74, 6) is -4.12. The molecule has 0 saturated heterocycles. The second-order valence-electron chi connectivity index (χ2n) is 9.79. The summed E-state index contributed by atoms with van der Waals surface area (Å²) < 4.78 is 10.8. The van der Waals surface area contributed by atoms with Crippen molar-refractivity contribution in [2.45, 2.75) is 55.6 Å². The molecule has 0 radical (unpaired) electrons. The average Bonchev–Trinajstić information content (AvgIpc) is 3.71. The van der Waals surface area contributed by atoms with Gasteiger partial charge in [0.25, 0.3) is 5.91 Å². The van der Waals surface area contributed by atoms with Crippen LogP contribution in [0.5, 0.6) is 23.0 Å². The highest BCUT2D eigenvalue weighted by Crippen LogP contribution is 2.34. The van der Waals surface area contributed by atoms with Crippen LogP contribution in [0, 0.1) is 0 Å². The Kier molecular flexibility index (Phi) is 8.31. The Bertz CT molecular complexity index is 1350. The molecule has 7 N–H and O–H groups in total. The molecule has 2 aliphatic rings. The summed E-state index contributed by atoms with van der Waals surface area (Å²) in [5.41, 5.74) is -1.39. The van der Waals surface area contributed by atoms with Crippen molar-refractivity contribution < 1.29 is 54.5 Å². The molecule has 4 atom stereocenters. The van der Waals surface area contributed by atoms with Gasteiger partial charge in [0.15, 0.2) is 29.1 Å². The summed E-state index contributed by atoms with van der Waals surface area (Å²) in [7, 11) is 0. The maximum atomic E-state index is 12.7. The summed E-state index contributed by atoms with van der Waals surface area (Å²) in [5, 5.41) is 62.6. The Morgan fingerprint density at radius 2 is 1.32 bits per heavy atom. The summed E-state index contributed by atoms with van der Waals surface area (Å²) in [6, 6.07) is 7.62. The molecule has 0 spiro atoms. The minimum Gasteiger partial charge on any atom is -0.504 e. The molecular formula is C28H29NO11. The van der Waals surface area contributed by atoms with E-state index in [1.165, 1.54) is 48.6 Å². The molecular weight excluding hydrogens is 526 g/mol. The normalized spacial score (nSPS) is 24.6. The van der Waals surface area contributed by atoms with Gasteiger partial charge in [0.1, 0.15) is 11.7 Å². The molecule has 1 amide bonds. The van der Waals surface area contributed by atoms with Gasteiger partial charge in [-0.05, 0) is 60.4 Å². The topological polar surface area (TPSA) is 203 Å². The van der Waals surface area contributed by atoms with Gasteiger partial charge in [-0.2, -0.15) is 0 Å². The maximum Gasteiger partial charge on any atom is 0.331 e. The zero-order chi connectivity index (χ0) is 29.0. The number of aromatic hydroxyl groups is 4. The van der Waals surface area contributed by atoms with E-state index >= 15 is 0 Å². The van der Waals surface area contributed by atoms with Crippen molar-refractivity contribution in [2.75, 3.05) is 0 Å². The fourth-order valence-electron chi connectivity index (χ4n) is 4.22. The van der Waals surface area contributed by atoms with E-state index < -0.39 is 66.1 Å². The van der Waals surface area contributed by atoms with E-state index in [1.807, 2.05) is 0 Å². The summed E-state index contributed by atoms with van der Waals surface area (Å²) in [4.78, 5) is 37.9. The van der Waals surface area contributed by atoms with Crippen molar-refractivity contribution >= 4 is 30.0 Å². The van der Waals surface area contributed by atoms with Crippen LogP contribution in [-0.2, 0) is 23.9 Å². The molecule has 0 heterocycles. The molecule has 2 aliphatic carbocycles. The van der Waals surface area contributed by atoms with Gasteiger partial charge in [0.05, 0.1) is 6.10 Å². The number of phenols is 4. The highest BCUT2D eigenvalue weighted by atomic mass is 16.6. The fourth-order valence-corrected chi connectivity index (χ4v) is 4.22. The van der Waals surface area contributed by atoms with Crippen LogP contribution in [0.2, 0.25) is 0 Å². The highest BCUT2D eigenvalue weighted by Gasteiger charge is 2.52. The smallest absolute Gasteiger partial charge is 0.331 e. The fraction of sp³-hybridized carbons (Fsp3) is 0.321. The lowest BCUT2D eigenvalue weighted by molar-refractivity contribution is -0.198. The van der Waals surface area contributed by atoms with E-state index in [-0.39, 0.29) is 17.5 Å². The number of benzene rings is 2. The van der Waals surface area contributed by atoms with Crippen LogP contribution in [0.15, 0.2) is 48.6 Å². The first-order chi connectivity index (χ1) is 18.9. The van der Waals surface area contributed by atoms with Crippen molar-refractivity contribution in [1.29, 1.82) is 0 Å². The van der Waals surface area contributed by atoms with Gasteiger partial charge in [-0.25, -0.2) is 9.59 Å². The monoisotopic (exact) mass is 555 g/mol. The quantitative estimate of drug-likeness (QED) is 0.140. The lowest BCUT2D eigenvalue weighted by atomic mass is 9.78. The van der Waals surface area contributed by atoms with Gasteiger partial charge in [-0.1, -0.05) is 12.1 Å². The number of aliphatic hydroxyl groups is 2. The minimum atomic E-state index is -2.10. The second kappa shape index (κ2) is 11.7. The van der Waals surface area contributed by atoms with Crippen LogP contribution in [0.25, 0.3) is 12.2 Å². The van der Waals surface area contributed by atoms with Crippen LogP contribution in [0.4, 0.5) is 0 Å². The number of hydrogen-bond acceptors (Lipinski definition) is 11. The highest BCUT2D eigenvalue weighted by molar-refractivity contribution is 5.89. The number of esters is 2. The first-order valence-electron chi connectivity index (χ1n) is 12.5. The van der Waals surface area contributed by atoms with E-state index in [9.17, 15) is 45.0 Å². The Balaban J connectivity index is 1.50. The Labute approximate surface area is 228 Å². The third kappa shape index (κ3) is 7.10. The first kappa shape index (κ1) is 28.5. The van der Waals surface area contributed by atoms with E-state index in [0.29, 0.717) is 11.1 Å². The zero-order valence-corrected chi connectivity index (χ0v) is 21.1. The number of hydrogen-bond donors (Lipinski definition) is 7. The number of carbonyl (C=O) groups is 3. The minimum absolute atomic E-state index is 0.0839. The van der Waals surface area contributed by atoms with Crippen LogP contribution in [0.1, 0.15) is 36.8 Å². The third-order valence-electron chi connectivity index (χ3n) is 6.51. The van der Waals surface area contributed by atoms with Crippen LogP contribution in [0.3, 0.4) is 0 Å². The molecule has 2 fully saturated rings. The summed E-state index contributed by atoms with van der Waals surface area (Å²) in [6.07, 6.45) is 0.698. The molecule has 212 valence electrons. The number of amides is 1. The predicted octanol–water partition coefficient (Wildman–Crippen LogP) is 1.22. The molecule has 0 aliphatic heterocycles. The molecule has 12 heteroatoms. The van der Waals surface area contributed by atoms with Gasteiger partial charge in [0.2, 0.25) is 0 Å². The number of ether oxygens (including phenoxy) is 2. The van der Waals surface area contributed by atoms with Crippen LogP contribution < -0.4 is 5.32 Å². The predicted molar refractivity (Wildman–Crippen MR) is 139 cm³/mol. The molecule has 4 rings (SSSR count). The van der Waals surface area contributed by atoms with Crippen LogP contribution in [-0.4, -0.2) is 78.4 Å². The van der Waals surface area contributed by atoms with E-state index in [2.05, 4.69) is 5.32 Å². The number of nitrogens with one attached hydrogen (secondary N) is 1. The number of rotatable bonds is 8. The van der Waals surface area contributed by atoms with Crippen molar-refractivity contribution in [3.63, 3.8) is 0 Å². The van der Waals surface area contributed by atoms with Gasteiger partial charge >= 0.3 is 11.9 Å². The van der Waals surface area contributed by atoms with E-state index in [4.69, 9.17) is 9.47 Å². The standard InChI is InChI=1S/C28H29NO11/c30-18-7-1-15(11-20(18)32)3-9-24(35)39-23-14-28(38,27(37)29-17-5-6-17)13-22(34)26(23)40-25(36)10-4-16-2-8-19(31)21(33)12-16/h1-4,7-12,17,22-23,26,30-34,38H,5-6,13-14H2,(H,29,37)/b9-3+,10-4+/t22?,23?,26?,28-/m1/s1.